The molecule has 0 spiro atoms. The van der Waals surface area contributed by atoms with E-state index in [4.69, 9.17) is 15.3 Å². The predicted octanol–water partition coefficient (Wildman–Crippen LogP) is 2.23. The molecule has 28 heavy (non-hydrogen) atoms. The lowest BCUT2D eigenvalue weighted by Crippen LogP contribution is -2.49. The summed E-state index contributed by atoms with van der Waals surface area (Å²) in [6, 6.07) is 10.4. The van der Waals surface area contributed by atoms with Crippen LogP contribution < -0.4 is 21.3 Å². The fourth-order valence-electron chi connectivity index (χ4n) is 3.08. The van der Waals surface area contributed by atoms with Crippen LogP contribution in [0.1, 0.15) is 17.0 Å². The van der Waals surface area contributed by atoms with Gasteiger partial charge < -0.3 is 20.2 Å². The number of hydrogen-bond acceptors (Lipinski definition) is 6. The first-order chi connectivity index (χ1) is 13.5. The zero-order chi connectivity index (χ0) is 20.1. The molecule has 0 radical (unpaired) electrons. The standard InChI is InChI=1S/C19H20F2N4O3/c1-27-12-7-14(20)16(15(21)8-12)13-9-23-18(25-22)17(13)24-19(26)28-10-11-5-3-2-4-6-11/h2-8,13,17H,9-10,22H2,1H3,(H,23,25)(H,24,26)/t13-,17-/m0/s1. The molecule has 1 heterocycles. The maximum atomic E-state index is 14.5. The van der Waals surface area contributed by atoms with Crippen molar-refractivity contribution in [3.8, 4) is 5.75 Å². The summed E-state index contributed by atoms with van der Waals surface area (Å²) in [5, 5.41) is 2.58. The summed E-state index contributed by atoms with van der Waals surface area (Å²) in [5.41, 5.74) is 2.96. The van der Waals surface area contributed by atoms with Crippen LogP contribution in [0.25, 0.3) is 0 Å². The van der Waals surface area contributed by atoms with Crippen LogP contribution in [-0.4, -0.2) is 31.6 Å². The van der Waals surface area contributed by atoms with E-state index in [1.165, 1.54) is 7.11 Å². The van der Waals surface area contributed by atoms with Gasteiger partial charge >= 0.3 is 6.09 Å². The highest BCUT2D eigenvalue weighted by molar-refractivity contribution is 5.92. The highest BCUT2D eigenvalue weighted by Crippen LogP contribution is 2.32. The van der Waals surface area contributed by atoms with Crippen LogP contribution in [0, 0.1) is 11.6 Å². The molecule has 2 aromatic rings. The van der Waals surface area contributed by atoms with Crippen molar-refractivity contribution < 1.29 is 23.0 Å². The molecule has 0 bridgehead atoms. The molecule has 0 aliphatic carbocycles. The van der Waals surface area contributed by atoms with Crippen molar-refractivity contribution >= 4 is 11.9 Å². The van der Waals surface area contributed by atoms with Crippen molar-refractivity contribution in [1.29, 1.82) is 0 Å². The summed E-state index contributed by atoms with van der Waals surface area (Å²) in [4.78, 5) is 16.4. The van der Waals surface area contributed by atoms with Gasteiger partial charge in [-0.25, -0.2) is 19.4 Å². The molecule has 0 aromatic heterocycles. The minimum atomic E-state index is -0.870. The molecule has 0 saturated carbocycles. The Morgan fingerprint density at radius 1 is 1.25 bits per heavy atom. The number of nitrogens with one attached hydrogen (secondary N) is 2. The number of hydrazine groups is 1. The van der Waals surface area contributed by atoms with Crippen LogP contribution >= 0.6 is 0 Å². The molecule has 3 rings (SSSR count). The Labute approximate surface area is 160 Å². The van der Waals surface area contributed by atoms with E-state index in [-0.39, 0.29) is 30.3 Å². The molecule has 9 heteroatoms. The molecule has 0 fully saturated rings. The van der Waals surface area contributed by atoms with Crippen molar-refractivity contribution in [2.75, 3.05) is 13.7 Å². The van der Waals surface area contributed by atoms with Gasteiger partial charge in [0.15, 0.2) is 0 Å². The van der Waals surface area contributed by atoms with Crippen LogP contribution in [0.2, 0.25) is 0 Å². The number of ether oxygens (including phenoxy) is 2. The quantitative estimate of drug-likeness (QED) is 0.537. The lowest BCUT2D eigenvalue weighted by Gasteiger charge is -2.23. The Bertz CT molecular complexity index is 854. The van der Waals surface area contributed by atoms with Gasteiger partial charge in [-0.2, -0.15) is 0 Å². The van der Waals surface area contributed by atoms with Crippen molar-refractivity contribution in [2.24, 2.45) is 10.8 Å². The molecule has 7 nitrogen and oxygen atoms in total. The highest BCUT2D eigenvalue weighted by atomic mass is 19.1. The zero-order valence-corrected chi connectivity index (χ0v) is 15.1. The van der Waals surface area contributed by atoms with Crippen LogP contribution in [-0.2, 0) is 11.3 Å². The Morgan fingerprint density at radius 2 is 1.93 bits per heavy atom. The van der Waals surface area contributed by atoms with E-state index in [9.17, 15) is 13.6 Å². The van der Waals surface area contributed by atoms with Gasteiger partial charge in [-0.3, -0.25) is 4.99 Å². The van der Waals surface area contributed by atoms with E-state index in [0.29, 0.717) is 0 Å². The van der Waals surface area contributed by atoms with Gasteiger partial charge in [-0.1, -0.05) is 30.3 Å². The molecular formula is C19H20F2N4O3. The van der Waals surface area contributed by atoms with Gasteiger partial charge in [0.1, 0.15) is 29.8 Å². The van der Waals surface area contributed by atoms with E-state index < -0.39 is 29.7 Å². The number of rotatable bonds is 5. The summed E-state index contributed by atoms with van der Waals surface area (Å²) in [6.45, 7) is 0.0984. The molecule has 4 N–H and O–H groups in total. The summed E-state index contributed by atoms with van der Waals surface area (Å²) in [7, 11) is 1.32. The first-order valence-corrected chi connectivity index (χ1v) is 8.54. The second-order valence-electron chi connectivity index (χ2n) is 6.17. The van der Waals surface area contributed by atoms with E-state index in [1.807, 2.05) is 30.3 Å². The second kappa shape index (κ2) is 8.66. The first kappa shape index (κ1) is 19.6. The molecule has 0 unspecified atom stereocenters. The van der Waals surface area contributed by atoms with Crippen LogP contribution in [0.3, 0.4) is 0 Å². The third-order valence-electron chi connectivity index (χ3n) is 4.45. The van der Waals surface area contributed by atoms with Crippen LogP contribution in [0.5, 0.6) is 5.75 Å². The summed E-state index contributed by atoms with van der Waals surface area (Å²) in [6.07, 6.45) is -0.752. The first-order valence-electron chi connectivity index (χ1n) is 8.54. The maximum absolute atomic E-state index is 14.5. The average Bonchev–Trinajstić information content (AvgIpc) is 3.08. The highest BCUT2D eigenvalue weighted by Gasteiger charge is 2.37. The van der Waals surface area contributed by atoms with Gasteiger partial charge in [-0.05, 0) is 5.56 Å². The number of hydrogen-bond donors (Lipinski definition) is 3. The van der Waals surface area contributed by atoms with E-state index >= 15 is 0 Å². The third-order valence-corrected chi connectivity index (χ3v) is 4.45. The number of alkyl carbamates (subject to hydrolysis) is 1. The van der Waals surface area contributed by atoms with Crippen molar-refractivity contribution in [1.82, 2.24) is 10.7 Å². The maximum Gasteiger partial charge on any atom is 0.408 e. The van der Waals surface area contributed by atoms with Crippen molar-refractivity contribution in [3.05, 3.63) is 65.2 Å². The molecule has 1 aliphatic rings. The second-order valence-corrected chi connectivity index (χ2v) is 6.17. The molecular weight excluding hydrogens is 370 g/mol. The summed E-state index contributed by atoms with van der Waals surface area (Å²) >= 11 is 0. The number of aliphatic imine (C=N–C) groups is 1. The number of benzene rings is 2. The molecule has 0 saturated heterocycles. The fourth-order valence-corrected chi connectivity index (χ4v) is 3.08. The SMILES string of the molecule is COc1cc(F)c([C@@H]2CN=C(NN)[C@H]2NC(=O)OCc2ccccc2)c(F)c1. The van der Waals surface area contributed by atoms with Crippen molar-refractivity contribution in [3.63, 3.8) is 0 Å². The van der Waals surface area contributed by atoms with Gasteiger partial charge in [0, 0.05) is 23.6 Å². The number of carbonyl (C=O) groups is 1. The van der Waals surface area contributed by atoms with Gasteiger partial charge in [0.2, 0.25) is 0 Å². The van der Waals surface area contributed by atoms with Gasteiger partial charge in [0.05, 0.1) is 19.7 Å². The number of amidine groups is 1. The molecule has 2 atom stereocenters. The van der Waals surface area contributed by atoms with Crippen LogP contribution in [0.4, 0.5) is 13.6 Å². The van der Waals surface area contributed by atoms with Crippen LogP contribution in [0.15, 0.2) is 47.5 Å². The lowest BCUT2D eigenvalue weighted by atomic mass is 9.92. The molecule has 1 amide bonds. The Morgan fingerprint density at radius 3 is 2.54 bits per heavy atom. The minimum absolute atomic E-state index is 0.0450. The van der Waals surface area contributed by atoms with Gasteiger partial charge in [0.25, 0.3) is 0 Å². The van der Waals surface area contributed by atoms with E-state index in [0.717, 1.165) is 17.7 Å². The molecule has 148 valence electrons. The molecule has 2 aromatic carbocycles. The largest absolute Gasteiger partial charge is 0.497 e. The zero-order valence-electron chi connectivity index (χ0n) is 15.1. The summed E-state index contributed by atoms with van der Waals surface area (Å²) in [5.74, 6) is 3.33. The van der Waals surface area contributed by atoms with E-state index in [1.54, 1.807) is 0 Å². The predicted molar refractivity (Wildman–Crippen MR) is 98.8 cm³/mol. The van der Waals surface area contributed by atoms with Crippen molar-refractivity contribution in [2.45, 2.75) is 18.6 Å². The number of carbonyl (C=O) groups excluding carboxylic acids is 1. The number of amides is 1. The lowest BCUT2D eigenvalue weighted by molar-refractivity contribution is 0.137. The third kappa shape index (κ3) is 4.20. The normalized spacial score (nSPS) is 18.4. The van der Waals surface area contributed by atoms with E-state index in [2.05, 4.69) is 15.7 Å². The minimum Gasteiger partial charge on any atom is -0.497 e. The van der Waals surface area contributed by atoms with Gasteiger partial charge in [-0.15, -0.1) is 0 Å². The Kier molecular flexibility index (Phi) is 6.05. The molecule has 1 aliphatic heterocycles. The monoisotopic (exact) mass is 390 g/mol. The summed E-state index contributed by atoms with van der Waals surface area (Å²) < 4.78 is 39.0. The topological polar surface area (TPSA) is 98.0 Å². The number of nitrogens with two attached hydrogens (primary N) is 1. The average molecular weight is 390 g/mol. The number of nitrogens with zero attached hydrogens (tertiary/aromatic N) is 1. The number of methoxy groups -OCH3 is 1. The Hall–Kier alpha value is -3.20. The Balaban J connectivity index is 1.75. The smallest absolute Gasteiger partial charge is 0.408 e. The number of halogens is 2. The fraction of sp³-hybridized carbons (Fsp3) is 0.263.